The molecular formula is C10H12N4O. The summed E-state index contributed by atoms with van der Waals surface area (Å²) in [5, 5.41) is 17.1. The van der Waals surface area contributed by atoms with Crippen molar-refractivity contribution in [2.24, 2.45) is 5.73 Å². The van der Waals surface area contributed by atoms with Crippen molar-refractivity contribution in [2.45, 2.75) is 13.1 Å². The molecule has 15 heavy (non-hydrogen) atoms. The van der Waals surface area contributed by atoms with Gasteiger partial charge in [0.05, 0.1) is 18.4 Å². The third-order valence-corrected chi connectivity index (χ3v) is 2.05. The second-order valence-electron chi connectivity index (χ2n) is 3.28. The number of nitrogens with zero attached hydrogens (tertiary/aromatic N) is 3. The standard InChI is InChI=1S/C10H12N4O/c11-5-9-7-14(13-12-9)6-8-2-1-3-10(15)4-8/h1-4,7,15H,5-6,11H2. The number of nitrogens with two attached hydrogens (primary N) is 1. The predicted molar refractivity (Wildman–Crippen MR) is 55.1 cm³/mol. The van der Waals surface area contributed by atoms with Gasteiger partial charge in [0, 0.05) is 6.54 Å². The SMILES string of the molecule is NCc1cn(Cc2cccc(O)c2)nn1. The molecule has 1 heterocycles. The molecule has 0 bridgehead atoms. The number of phenolic OH excluding ortho intramolecular Hbond substituents is 1. The Hall–Kier alpha value is -1.88. The molecule has 0 spiro atoms. The molecule has 0 radical (unpaired) electrons. The van der Waals surface area contributed by atoms with Crippen LogP contribution >= 0.6 is 0 Å². The first-order valence-electron chi connectivity index (χ1n) is 4.65. The van der Waals surface area contributed by atoms with Gasteiger partial charge in [0.1, 0.15) is 5.75 Å². The molecule has 0 saturated heterocycles. The van der Waals surface area contributed by atoms with Crippen molar-refractivity contribution in [3.63, 3.8) is 0 Å². The summed E-state index contributed by atoms with van der Waals surface area (Å²) in [5.74, 6) is 0.256. The summed E-state index contributed by atoms with van der Waals surface area (Å²) < 4.78 is 1.69. The van der Waals surface area contributed by atoms with Crippen molar-refractivity contribution in [1.82, 2.24) is 15.0 Å². The molecule has 0 aliphatic heterocycles. The van der Waals surface area contributed by atoms with Crippen LogP contribution in [-0.2, 0) is 13.1 Å². The van der Waals surface area contributed by atoms with Crippen LogP contribution in [0.3, 0.4) is 0 Å². The molecule has 0 saturated carbocycles. The Morgan fingerprint density at radius 2 is 2.27 bits per heavy atom. The third kappa shape index (κ3) is 2.32. The van der Waals surface area contributed by atoms with Gasteiger partial charge in [0.15, 0.2) is 0 Å². The maximum atomic E-state index is 9.28. The van der Waals surface area contributed by atoms with E-state index in [1.165, 1.54) is 0 Å². The van der Waals surface area contributed by atoms with Crippen molar-refractivity contribution in [2.75, 3.05) is 0 Å². The molecule has 0 aliphatic rings. The van der Waals surface area contributed by atoms with E-state index in [2.05, 4.69) is 10.3 Å². The van der Waals surface area contributed by atoms with Crippen molar-refractivity contribution in [3.8, 4) is 5.75 Å². The lowest BCUT2D eigenvalue weighted by atomic mass is 10.2. The number of aromatic nitrogens is 3. The van der Waals surface area contributed by atoms with E-state index in [9.17, 15) is 5.11 Å². The first-order valence-corrected chi connectivity index (χ1v) is 4.65. The van der Waals surface area contributed by atoms with Crippen LogP contribution in [0.1, 0.15) is 11.3 Å². The highest BCUT2D eigenvalue weighted by molar-refractivity contribution is 5.27. The van der Waals surface area contributed by atoms with Gasteiger partial charge in [-0.05, 0) is 17.7 Å². The number of aromatic hydroxyl groups is 1. The first-order chi connectivity index (χ1) is 7.28. The second-order valence-corrected chi connectivity index (χ2v) is 3.28. The average Bonchev–Trinajstić information content (AvgIpc) is 2.65. The van der Waals surface area contributed by atoms with Gasteiger partial charge in [-0.15, -0.1) is 5.10 Å². The van der Waals surface area contributed by atoms with Gasteiger partial charge in [-0.25, -0.2) is 4.68 Å². The number of rotatable bonds is 3. The molecule has 1 aromatic carbocycles. The summed E-state index contributed by atoms with van der Waals surface area (Å²) >= 11 is 0. The normalized spacial score (nSPS) is 10.5. The highest BCUT2D eigenvalue weighted by Crippen LogP contribution is 2.11. The van der Waals surface area contributed by atoms with Crippen molar-refractivity contribution >= 4 is 0 Å². The van der Waals surface area contributed by atoms with Gasteiger partial charge in [0.2, 0.25) is 0 Å². The van der Waals surface area contributed by atoms with Gasteiger partial charge < -0.3 is 10.8 Å². The van der Waals surface area contributed by atoms with E-state index in [4.69, 9.17) is 5.73 Å². The van der Waals surface area contributed by atoms with Gasteiger partial charge in [0.25, 0.3) is 0 Å². The maximum Gasteiger partial charge on any atom is 0.115 e. The van der Waals surface area contributed by atoms with Crippen molar-refractivity contribution in [1.29, 1.82) is 0 Å². The molecule has 0 amide bonds. The average molecular weight is 204 g/mol. The summed E-state index contributed by atoms with van der Waals surface area (Å²) in [4.78, 5) is 0. The molecular weight excluding hydrogens is 192 g/mol. The molecule has 78 valence electrons. The van der Waals surface area contributed by atoms with E-state index in [-0.39, 0.29) is 5.75 Å². The fourth-order valence-electron chi connectivity index (χ4n) is 1.35. The van der Waals surface area contributed by atoms with E-state index >= 15 is 0 Å². The van der Waals surface area contributed by atoms with Gasteiger partial charge in [-0.1, -0.05) is 17.3 Å². The quantitative estimate of drug-likeness (QED) is 0.762. The molecule has 2 rings (SSSR count). The van der Waals surface area contributed by atoms with E-state index in [0.29, 0.717) is 13.1 Å². The molecule has 5 nitrogen and oxygen atoms in total. The highest BCUT2D eigenvalue weighted by atomic mass is 16.3. The monoisotopic (exact) mass is 204 g/mol. The topological polar surface area (TPSA) is 77.0 Å². The predicted octanol–water partition coefficient (Wildman–Crippen LogP) is 0.491. The van der Waals surface area contributed by atoms with Gasteiger partial charge in [-0.3, -0.25) is 0 Å². The Kier molecular flexibility index (Phi) is 2.64. The maximum absolute atomic E-state index is 9.28. The van der Waals surface area contributed by atoms with Crippen molar-refractivity contribution in [3.05, 3.63) is 41.7 Å². The summed E-state index contributed by atoms with van der Waals surface area (Å²) in [6.45, 7) is 0.974. The van der Waals surface area contributed by atoms with Crippen LogP contribution in [0.2, 0.25) is 0 Å². The Morgan fingerprint density at radius 3 is 2.93 bits per heavy atom. The Balaban J connectivity index is 2.14. The van der Waals surface area contributed by atoms with Gasteiger partial charge in [-0.2, -0.15) is 0 Å². The number of phenols is 1. The summed E-state index contributed by atoms with van der Waals surface area (Å²) in [7, 11) is 0. The lowest BCUT2D eigenvalue weighted by Crippen LogP contribution is -2.00. The van der Waals surface area contributed by atoms with E-state index in [1.807, 2.05) is 6.07 Å². The Labute approximate surface area is 87.1 Å². The largest absolute Gasteiger partial charge is 0.508 e. The minimum atomic E-state index is 0.256. The van der Waals surface area contributed by atoms with E-state index in [0.717, 1.165) is 11.3 Å². The van der Waals surface area contributed by atoms with Crippen LogP contribution in [0, 0.1) is 0 Å². The van der Waals surface area contributed by atoms with Crippen LogP contribution < -0.4 is 5.73 Å². The smallest absolute Gasteiger partial charge is 0.115 e. The van der Waals surface area contributed by atoms with Crippen LogP contribution in [0.5, 0.6) is 5.75 Å². The third-order valence-electron chi connectivity index (χ3n) is 2.05. The molecule has 2 aromatic rings. The Morgan fingerprint density at radius 1 is 1.40 bits per heavy atom. The van der Waals surface area contributed by atoms with E-state index in [1.54, 1.807) is 29.1 Å². The first kappa shape index (κ1) is 9.67. The summed E-state index contributed by atoms with van der Waals surface area (Å²) in [6, 6.07) is 7.05. The molecule has 5 heteroatoms. The zero-order valence-electron chi connectivity index (χ0n) is 8.17. The van der Waals surface area contributed by atoms with E-state index < -0.39 is 0 Å². The second kappa shape index (κ2) is 4.10. The number of hydrogen-bond acceptors (Lipinski definition) is 4. The number of hydrogen-bond donors (Lipinski definition) is 2. The Bertz CT molecular complexity index is 452. The van der Waals surface area contributed by atoms with Crippen molar-refractivity contribution < 1.29 is 5.11 Å². The fourth-order valence-corrected chi connectivity index (χ4v) is 1.35. The zero-order chi connectivity index (χ0) is 10.7. The molecule has 0 unspecified atom stereocenters. The van der Waals surface area contributed by atoms with Crippen LogP contribution in [-0.4, -0.2) is 20.1 Å². The summed E-state index contributed by atoms with van der Waals surface area (Å²) in [6.07, 6.45) is 1.80. The zero-order valence-corrected chi connectivity index (χ0v) is 8.17. The molecule has 1 aromatic heterocycles. The molecule has 3 N–H and O–H groups in total. The highest BCUT2D eigenvalue weighted by Gasteiger charge is 2.00. The minimum absolute atomic E-state index is 0.256. The molecule has 0 atom stereocenters. The molecule has 0 fully saturated rings. The van der Waals surface area contributed by atoms with Gasteiger partial charge >= 0.3 is 0 Å². The minimum Gasteiger partial charge on any atom is -0.508 e. The van der Waals surface area contributed by atoms with Crippen LogP contribution in [0.4, 0.5) is 0 Å². The van der Waals surface area contributed by atoms with Crippen LogP contribution in [0.25, 0.3) is 0 Å². The fraction of sp³-hybridized carbons (Fsp3) is 0.200. The lowest BCUT2D eigenvalue weighted by molar-refractivity contribution is 0.474. The summed E-state index contributed by atoms with van der Waals surface area (Å²) in [5.41, 5.74) is 7.16. The molecule has 0 aliphatic carbocycles. The number of benzene rings is 1. The lowest BCUT2D eigenvalue weighted by Gasteiger charge is -2.00. The van der Waals surface area contributed by atoms with Crippen LogP contribution in [0.15, 0.2) is 30.5 Å².